The lowest BCUT2D eigenvalue weighted by Gasteiger charge is -2.35. The predicted molar refractivity (Wildman–Crippen MR) is 131 cm³/mol. The molecule has 3 heteroatoms. The van der Waals surface area contributed by atoms with Crippen LogP contribution in [0.3, 0.4) is 0 Å². The lowest BCUT2D eigenvalue weighted by molar-refractivity contribution is 0.0976. The van der Waals surface area contributed by atoms with Crippen LogP contribution in [0.4, 0.5) is 0 Å². The summed E-state index contributed by atoms with van der Waals surface area (Å²) in [6.45, 7) is 0. The first-order valence-corrected chi connectivity index (χ1v) is 13.3. The van der Waals surface area contributed by atoms with Crippen molar-refractivity contribution in [2.24, 2.45) is 23.7 Å². The Balaban J connectivity index is 1.03. The van der Waals surface area contributed by atoms with Crippen molar-refractivity contribution in [2.75, 3.05) is 0 Å². The number of carbonyl (C=O) groups excluding carboxylic acids is 1. The molecular formula is C28H35NOS. The number of nitrogens with one attached hydrogen (secondary N) is 1. The molecule has 164 valence electrons. The van der Waals surface area contributed by atoms with Crippen molar-refractivity contribution in [3.05, 3.63) is 58.4 Å². The van der Waals surface area contributed by atoms with Gasteiger partial charge in [-0.3, -0.25) is 4.79 Å². The maximum Gasteiger partial charge on any atom is 0.162 e. The average Bonchev–Trinajstić information content (AvgIpc) is 3.51. The second-order valence-electron chi connectivity index (χ2n) is 10.0. The van der Waals surface area contributed by atoms with Gasteiger partial charge in [0.1, 0.15) is 0 Å². The van der Waals surface area contributed by atoms with E-state index in [0.29, 0.717) is 12.2 Å². The molecule has 2 aliphatic rings. The Bertz CT molecular complexity index is 974. The summed E-state index contributed by atoms with van der Waals surface area (Å²) in [5, 5.41) is 3.38. The zero-order valence-electron chi connectivity index (χ0n) is 18.5. The Morgan fingerprint density at radius 1 is 1.00 bits per heavy atom. The zero-order chi connectivity index (χ0) is 21.0. The van der Waals surface area contributed by atoms with Gasteiger partial charge in [-0.1, -0.05) is 31.0 Å². The molecule has 4 atom stereocenters. The Morgan fingerprint density at radius 3 is 2.68 bits per heavy atom. The maximum absolute atomic E-state index is 12.6. The summed E-state index contributed by atoms with van der Waals surface area (Å²) in [5.41, 5.74) is 1.92. The van der Waals surface area contributed by atoms with E-state index in [1.54, 1.807) is 4.88 Å². The maximum atomic E-state index is 12.6. The van der Waals surface area contributed by atoms with Gasteiger partial charge in [-0.05, 0) is 104 Å². The highest BCUT2D eigenvalue weighted by atomic mass is 32.1. The van der Waals surface area contributed by atoms with Crippen LogP contribution in [0.25, 0.3) is 10.9 Å². The van der Waals surface area contributed by atoms with Crippen molar-refractivity contribution in [3.63, 3.8) is 0 Å². The summed E-state index contributed by atoms with van der Waals surface area (Å²) >= 11 is 1.91. The Morgan fingerprint density at radius 2 is 1.87 bits per heavy atom. The Labute approximate surface area is 190 Å². The van der Waals surface area contributed by atoms with Crippen LogP contribution in [0.1, 0.15) is 79.4 Å². The van der Waals surface area contributed by atoms with E-state index in [9.17, 15) is 4.79 Å². The number of hydrogen-bond donors (Lipinski definition) is 1. The van der Waals surface area contributed by atoms with Gasteiger partial charge in [0.15, 0.2) is 5.78 Å². The minimum Gasteiger partial charge on any atom is -0.361 e. The number of hydrogen-bond acceptors (Lipinski definition) is 2. The van der Waals surface area contributed by atoms with Crippen molar-refractivity contribution in [2.45, 2.75) is 70.6 Å². The summed E-state index contributed by atoms with van der Waals surface area (Å²) in [5.74, 6) is 4.19. The number of rotatable bonds is 10. The number of aromatic nitrogens is 1. The Hall–Kier alpha value is -1.87. The molecule has 1 unspecified atom stereocenters. The average molecular weight is 434 g/mol. The number of ketones is 1. The molecule has 5 rings (SSSR count). The van der Waals surface area contributed by atoms with E-state index in [1.807, 2.05) is 35.7 Å². The fraction of sp³-hybridized carbons (Fsp3) is 0.536. The van der Waals surface area contributed by atoms with Crippen LogP contribution in [0, 0.1) is 23.7 Å². The van der Waals surface area contributed by atoms with E-state index in [0.717, 1.165) is 41.2 Å². The smallest absolute Gasteiger partial charge is 0.162 e. The van der Waals surface area contributed by atoms with Crippen molar-refractivity contribution in [1.29, 1.82) is 0 Å². The zero-order valence-corrected chi connectivity index (χ0v) is 19.3. The summed E-state index contributed by atoms with van der Waals surface area (Å²) in [4.78, 5) is 17.4. The van der Waals surface area contributed by atoms with Crippen LogP contribution in [-0.4, -0.2) is 10.8 Å². The first kappa shape index (κ1) is 21.0. The topological polar surface area (TPSA) is 32.9 Å². The molecule has 1 N–H and O–H groups in total. The normalized spacial score (nSPS) is 25.3. The van der Waals surface area contributed by atoms with Crippen LogP contribution in [0.5, 0.6) is 0 Å². The van der Waals surface area contributed by atoms with E-state index in [-0.39, 0.29) is 0 Å². The van der Waals surface area contributed by atoms with Gasteiger partial charge < -0.3 is 4.98 Å². The molecule has 2 fully saturated rings. The highest BCUT2D eigenvalue weighted by molar-refractivity contribution is 7.09. The summed E-state index contributed by atoms with van der Waals surface area (Å²) in [6.07, 6.45) is 16.2. The molecule has 3 aromatic rings. The van der Waals surface area contributed by atoms with Crippen molar-refractivity contribution in [3.8, 4) is 0 Å². The first-order valence-electron chi connectivity index (χ1n) is 12.4. The van der Waals surface area contributed by atoms with Crippen molar-refractivity contribution < 1.29 is 4.79 Å². The predicted octanol–water partition coefficient (Wildman–Crippen LogP) is 8.05. The van der Waals surface area contributed by atoms with Gasteiger partial charge in [0.2, 0.25) is 0 Å². The molecule has 0 amide bonds. The second-order valence-corrected chi connectivity index (χ2v) is 11.1. The second kappa shape index (κ2) is 9.73. The van der Waals surface area contributed by atoms with Crippen LogP contribution < -0.4 is 0 Å². The summed E-state index contributed by atoms with van der Waals surface area (Å²) in [6, 6.07) is 12.6. The van der Waals surface area contributed by atoms with Gasteiger partial charge in [0, 0.05) is 28.6 Å². The number of thiophene rings is 1. The molecule has 0 aliphatic heterocycles. The number of unbranched alkanes of at least 4 members (excludes halogenated alkanes) is 1. The lowest BCUT2D eigenvalue weighted by atomic mass is 9.70. The van der Waals surface area contributed by atoms with E-state index < -0.39 is 0 Å². The van der Waals surface area contributed by atoms with Crippen LogP contribution in [-0.2, 0) is 6.42 Å². The number of H-pyrrole nitrogens is 1. The van der Waals surface area contributed by atoms with E-state index >= 15 is 0 Å². The molecular weight excluding hydrogens is 398 g/mol. The van der Waals surface area contributed by atoms with E-state index in [2.05, 4.69) is 28.6 Å². The SMILES string of the molecule is O=C(CCCC[C@@H]1C[C@H]2CC[C@@H](C1)C2CCCc1cccs1)c1ccc2cc[nH]c2c1. The van der Waals surface area contributed by atoms with Gasteiger partial charge in [-0.15, -0.1) is 11.3 Å². The number of fused-ring (bicyclic) bond motifs is 3. The fourth-order valence-electron chi connectivity index (χ4n) is 6.54. The fourth-order valence-corrected chi connectivity index (χ4v) is 7.29. The van der Waals surface area contributed by atoms with Crippen LogP contribution in [0.2, 0.25) is 0 Å². The third-order valence-corrected chi connectivity index (χ3v) is 9.01. The van der Waals surface area contributed by atoms with Crippen molar-refractivity contribution in [1.82, 2.24) is 4.98 Å². The first-order chi connectivity index (χ1) is 15.3. The molecule has 2 heterocycles. The van der Waals surface area contributed by atoms with E-state index in [1.165, 1.54) is 63.2 Å². The molecule has 2 aromatic heterocycles. The Kier molecular flexibility index (Phi) is 6.59. The van der Waals surface area contributed by atoms with Gasteiger partial charge >= 0.3 is 0 Å². The van der Waals surface area contributed by atoms with Crippen LogP contribution in [0.15, 0.2) is 48.0 Å². The van der Waals surface area contributed by atoms with Crippen molar-refractivity contribution >= 4 is 28.0 Å². The van der Waals surface area contributed by atoms with Gasteiger partial charge in [0.25, 0.3) is 0 Å². The quantitative estimate of drug-likeness (QED) is 0.255. The molecule has 2 aliphatic carbocycles. The number of aromatic amines is 1. The molecule has 0 radical (unpaired) electrons. The summed E-state index contributed by atoms with van der Waals surface area (Å²) in [7, 11) is 0. The van der Waals surface area contributed by atoms with Crippen LogP contribution >= 0.6 is 11.3 Å². The number of Topliss-reactive ketones (excluding diaryl/α,β-unsaturated/α-hetero) is 1. The molecule has 2 nitrogen and oxygen atoms in total. The summed E-state index contributed by atoms with van der Waals surface area (Å²) < 4.78 is 0. The monoisotopic (exact) mass is 433 g/mol. The number of carbonyl (C=O) groups is 1. The molecule has 2 saturated carbocycles. The number of benzene rings is 1. The molecule has 0 saturated heterocycles. The standard InChI is InChI=1S/C28H35NOS/c30-28(24-13-10-21-14-15-29-27(21)19-24)9-2-1-5-20-17-22-11-12-23(18-20)26(22)8-3-6-25-7-4-16-31-25/h4,7,10,13-16,19-20,22-23,26,29H,1-3,5-6,8-9,11-12,17-18H2/t20-,22-,23+,26?. The highest BCUT2D eigenvalue weighted by Gasteiger charge is 2.41. The van der Waals surface area contributed by atoms with Gasteiger partial charge in [-0.2, -0.15) is 0 Å². The lowest BCUT2D eigenvalue weighted by Crippen LogP contribution is -2.26. The minimum atomic E-state index is 0.297. The molecule has 31 heavy (non-hydrogen) atoms. The largest absolute Gasteiger partial charge is 0.361 e. The number of aryl methyl sites for hydroxylation is 1. The van der Waals surface area contributed by atoms with E-state index in [4.69, 9.17) is 0 Å². The molecule has 2 bridgehead atoms. The van der Waals surface area contributed by atoms with Gasteiger partial charge in [0.05, 0.1) is 0 Å². The molecule has 1 aromatic carbocycles. The highest BCUT2D eigenvalue weighted by Crippen LogP contribution is 2.51. The molecule has 0 spiro atoms. The third-order valence-electron chi connectivity index (χ3n) is 8.08. The third kappa shape index (κ3) is 4.98. The van der Waals surface area contributed by atoms with Gasteiger partial charge in [-0.25, -0.2) is 0 Å². The minimum absolute atomic E-state index is 0.297.